The maximum absolute atomic E-state index is 12.0. The molecule has 0 radical (unpaired) electrons. The summed E-state index contributed by atoms with van der Waals surface area (Å²) in [5.74, 6) is -0.143. The molecule has 0 spiro atoms. The fourth-order valence-corrected chi connectivity index (χ4v) is 2.12. The SMILES string of the molecule is O=C(NCc1ccc(-c2ccoc2)nc1)c1ccc(Cl)cc1. The largest absolute Gasteiger partial charge is 0.472 e. The number of furan rings is 1. The monoisotopic (exact) mass is 312 g/mol. The minimum Gasteiger partial charge on any atom is -0.472 e. The Morgan fingerprint density at radius 2 is 1.95 bits per heavy atom. The van der Waals surface area contributed by atoms with Gasteiger partial charge in [-0.05, 0) is 42.0 Å². The van der Waals surface area contributed by atoms with E-state index in [0.29, 0.717) is 17.1 Å². The molecule has 0 saturated heterocycles. The third-order valence-electron chi connectivity index (χ3n) is 3.20. The van der Waals surface area contributed by atoms with Crippen LogP contribution in [-0.2, 0) is 6.54 Å². The highest BCUT2D eigenvalue weighted by atomic mass is 35.5. The summed E-state index contributed by atoms with van der Waals surface area (Å²) >= 11 is 5.80. The predicted molar refractivity (Wildman–Crippen MR) is 84.6 cm³/mol. The molecule has 22 heavy (non-hydrogen) atoms. The number of hydrogen-bond donors (Lipinski definition) is 1. The Morgan fingerprint density at radius 3 is 2.59 bits per heavy atom. The van der Waals surface area contributed by atoms with Gasteiger partial charge in [0.1, 0.15) is 0 Å². The zero-order valence-electron chi connectivity index (χ0n) is 11.6. The van der Waals surface area contributed by atoms with E-state index in [9.17, 15) is 4.79 Å². The maximum Gasteiger partial charge on any atom is 0.251 e. The van der Waals surface area contributed by atoms with Crippen molar-refractivity contribution < 1.29 is 9.21 Å². The summed E-state index contributed by atoms with van der Waals surface area (Å²) in [6.07, 6.45) is 4.99. The van der Waals surface area contributed by atoms with Gasteiger partial charge in [0.25, 0.3) is 5.91 Å². The summed E-state index contributed by atoms with van der Waals surface area (Å²) in [5, 5.41) is 3.46. The number of carbonyl (C=O) groups excluding carboxylic acids is 1. The van der Waals surface area contributed by atoms with Crippen LogP contribution in [0.5, 0.6) is 0 Å². The van der Waals surface area contributed by atoms with Crippen molar-refractivity contribution in [2.45, 2.75) is 6.54 Å². The van der Waals surface area contributed by atoms with Crippen LogP contribution in [0.4, 0.5) is 0 Å². The summed E-state index contributed by atoms with van der Waals surface area (Å²) in [4.78, 5) is 16.4. The van der Waals surface area contributed by atoms with Crippen molar-refractivity contribution in [3.05, 3.63) is 77.3 Å². The van der Waals surface area contributed by atoms with E-state index < -0.39 is 0 Å². The highest BCUT2D eigenvalue weighted by Crippen LogP contribution is 2.17. The Kier molecular flexibility index (Phi) is 4.21. The van der Waals surface area contributed by atoms with Crippen molar-refractivity contribution in [3.63, 3.8) is 0 Å². The minimum absolute atomic E-state index is 0.143. The van der Waals surface area contributed by atoms with Crippen molar-refractivity contribution in [3.8, 4) is 11.3 Å². The molecule has 1 N–H and O–H groups in total. The molecule has 110 valence electrons. The topological polar surface area (TPSA) is 55.1 Å². The number of carbonyl (C=O) groups is 1. The lowest BCUT2D eigenvalue weighted by Gasteiger charge is -2.06. The van der Waals surface area contributed by atoms with Crippen molar-refractivity contribution in [2.24, 2.45) is 0 Å². The molecule has 0 unspecified atom stereocenters. The highest BCUT2D eigenvalue weighted by Gasteiger charge is 2.06. The van der Waals surface area contributed by atoms with Crippen LogP contribution in [0.1, 0.15) is 15.9 Å². The summed E-state index contributed by atoms with van der Waals surface area (Å²) in [6.45, 7) is 0.417. The number of hydrogen-bond acceptors (Lipinski definition) is 3. The van der Waals surface area contributed by atoms with E-state index in [1.807, 2.05) is 18.2 Å². The number of pyridine rings is 1. The molecule has 0 atom stereocenters. The Bertz CT molecular complexity index is 750. The fourth-order valence-electron chi connectivity index (χ4n) is 2.00. The van der Waals surface area contributed by atoms with Crippen molar-refractivity contribution in [1.29, 1.82) is 0 Å². The third kappa shape index (κ3) is 3.35. The summed E-state index contributed by atoms with van der Waals surface area (Å²) < 4.78 is 5.03. The molecule has 0 aliphatic heterocycles. The third-order valence-corrected chi connectivity index (χ3v) is 3.45. The standard InChI is InChI=1S/C17H13ClN2O2/c18-15-4-2-13(3-5-15)17(21)20-10-12-1-6-16(19-9-12)14-7-8-22-11-14/h1-9,11H,10H2,(H,20,21). The van der Waals surface area contributed by atoms with E-state index in [2.05, 4.69) is 10.3 Å². The first-order chi connectivity index (χ1) is 10.7. The number of amides is 1. The van der Waals surface area contributed by atoms with Gasteiger partial charge < -0.3 is 9.73 Å². The van der Waals surface area contributed by atoms with Crippen LogP contribution in [0.3, 0.4) is 0 Å². The van der Waals surface area contributed by atoms with Gasteiger partial charge in [0.2, 0.25) is 0 Å². The first-order valence-electron chi connectivity index (χ1n) is 6.73. The number of halogens is 1. The molecule has 0 bridgehead atoms. The van der Waals surface area contributed by atoms with Crippen LogP contribution in [0, 0.1) is 0 Å². The van der Waals surface area contributed by atoms with Gasteiger partial charge in [0.05, 0.1) is 18.2 Å². The van der Waals surface area contributed by atoms with E-state index in [0.717, 1.165) is 16.8 Å². The number of nitrogens with zero attached hydrogens (tertiary/aromatic N) is 1. The van der Waals surface area contributed by atoms with Gasteiger partial charge in [-0.25, -0.2) is 0 Å². The molecule has 3 aromatic rings. The van der Waals surface area contributed by atoms with Gasteiger partial charge in [-0.1, -0.05) is 17.7 Å². The van der Waals surface area contributed by atoms with Crippen molar-refractivity contribution in [2.75, 3.05) is 0 Å². The highest BCUT2D eigenvalue weighted by molar-refractivity contribution is 6.30. The lowest BCUT2D eigenvalue weighted by Crippen LogP contribution is -2.22. The molecule has 0 fully saturated rings. The maximum atomic E-state index is 12.0. The second-order valence-electron chi connectivity index (χ2n) is 4.75. The summed E-state index contributed by atoms with van der Waals surface area (Å²) in [7, 11) is 0. The Morgan fingerprint density at radius 1 is 1.14 bits per heavy atom. The number of aromatic nitrogens is 1. The zero-order chi connectivity index (χ0) is 15.4. The Balaban J connectivity index is 1.61. The molecule has 1 aromatic carbocycles. The molecule has 5 heteroatoms. The average Bonchev–Trinajstić information content (AvgIpc) is 3.08. The van der Waals surface area contributed by atoms with E-state index in [4.69, 9.17) is 16.0 Å². The quantitative estimate of drug-likeness (QED) is 0.794. The van der Waals surface area contributed by atoms with E-state index in [-0.39, 0.29) is 5.91 Å². The van der Waals surface area contributed by atoms with E-state index >= 15 is 0 Å². The molecule has 0 aliphatic rings. The van der Waals surface area contributed by atoms with Gasteiger partial charge in [-0.3, -0.25) is 9.78 Å². The first kappa shape index (κ1) is 14.4. The van der Waals surface area contributed by atoms with E-state index in [1.165, 1.54) is 0 Å². The molecular weight excluding hydrogens is 300 g/mol. The van der Waals surface area contributed by atoms with Crippen LogP contribution in [-0.4, -0.2) is 10.9 Å². The molecule has 4 nitrogen and oxygen atoms in total. The van der Waals surface area contributed by atoms with Gasteiger partial charge in [0, 0.05) is 28.9 Å². The van der Waals surface area contributed by atoms with Gasteiger partial charge in [-0.15, -0.1) is 0 Å². The second-order valence-corrected chi connectivity index (χ2v) is 5.19. The van der Waals surface area contributed by atoms with Crippen molar-refractivity contribution in [1.82, 2.24) is 10.3 Å². The lowest BCUT2D eigenvalue weighted by molar-refractivity contribution is 0.0951. The molecule has 3 rings (SSSR count). The predicted octanol–water partition coefficient (Wildman–Crippen LogP) is 3.93. The van der Waals surface area contributed by atoms with Crippen molar-refractivity contribution >= 4 is 17.5 Å². The minimum atomic E-state index is -0.143. The second kappa shape index (κ2) is 6.45. The van der Waals surface area contributed by atoms with Gasteiger partial charge in [0.15, 0.2) is 0 Å². The summed E-state index contributed by atoms with van der Waals surface area (Å²) in [5.41, 5.74) is 3.26. The number of nitrogens with one attached hydrogen (secondary N) is 1. The van der Waals surface area contributed by atoms with Crippen LogP contribution in [0.25, 0.3) is 11.3 Å². The molecule has 1 amide bonds. The number of benzene rings is 1. The number of rotatable bonds is 4. The van der Waals surface area contributed by atoms with Crippen LogP contribution in [0.2, 0.25) is 5.02 Å². The molecule has 2 heterocycles. The Labute approximate surface area is 132 Å². The van der Waals surface area contributed by atoms with E-state index in [1.54, 1.807) is 43.0 Å². The average molecular weight is 313 g/mol. The van der Waals surface area contributed by atoms with Gasteiger partial charge in [-0.2, -0.15) is 0 Å². The zero-order valence-corrected chi connectivity index (χ0v) is 12.4. The van der Waals surface area contributed by atoms with Crippen LogP contribution in [0.15, 0.2) is 65.6 Å². The van der Waals surface area contributed by atoms with Gasteiger partial charge >= 0.3 is 0 Å². The smallest absolute Gasteiger partial charge is 0.251 e. The first-order valence-corrected chi connectivity index (χ1v) is 7.11. The molecule has 0 aliphatic carbocycles. The molecule has 2 aromatic heterocycles. The molecule has 0 saturated carbocycles. The van der Waals surface area contributed by atoms with Crippen LogP contribution < -0.4 is 5.32 Å². The lowest BCUT2D eigenvalue weighted by atomic mass is 10.2. The fraction of sp³-hybridized carbons (Fsp3) is 0.0588. The normalized spacial score (nSPS) is 10.4. The van der Waals surface area contributed by atoms with Crippen LogP contribution >= 0.6 is 11.6 Å². The molecular formula is C17H13ClN2O2. The summed E-state index contributed by atoms with van der Waals surface area (Å²) in [6, 6.07) is 12.4. The Hall–Kier alpha value is -2.59.